The van der Waals surface area contributed by atoms with Crippen LogP contribution in [0.25, 0.3) is 0 Å². The molecule has 0 heterocycles. The van der Waals surface area contributed by atoms with Gasteiger partial charge in [0.2, 0.25) is 0 Å². The lowest BCUT2D eigenvalue weighted by atomic mass is 10.1. The van der Waals surface area contributed by atoms with Crippen LogP contribution in [-0.4, -0.2) is 39.2 Å². The van der Waals surface area contributed by atoms with E-state index in [1.807, 2.05) is 0 Å². The van der Waals surface area contributed by atoms with E-state index >= 15 is 0 Å². The van der Waals surface area contributed by atoms with E-state index in [4.69, 9.17) is 0 Å². The molecule has 0 radical (unpaired) electrons. The maximum absolute atomic E-state index is 12.2. The number of aromatic hydroxyl groups is 1. The molecule has 3 aromatic rings. The van der Waals surface area contributed by atoms with Gasteiger partial charge in [-0.25, -0.2) is 10.9 Å². The summed E-state index contributed by atoms with van der Waals surface area (Å²) < 4.78 is 0. The van der Waals surface area contributed by atoms with E-state index < -0.39 is 21.7 Å². The summed E-state index contributed by atoms with van der Waals surface area (Å²) >= 11 is 0. The van der Waals surface area contributed by atoms with E-state index in [0.29, 0.717) is 11.1 Å². The largest absolute Gasteiger partial charge is 0.507 e. The predicted octanol–water partition coefficient (Wildman–Crippen LogP) is 3.04. The average molecular weight is 490 g/mol. The van der Waals surface area contributed by atoms with E-state index in [1.165, 1.54) is 67.0 Å². The molecule has 0 fully saturated rings. The SMILES string of the molecule is Cc1cc(C=NNC(=O)c2ccc([N+](=O)[O-])cc2)cc(/C=N/NC(=O)c2ccc([N+](=O)[O-])cc2)c1O. The highest BCUT2D eigenvalue weighted by molar-refractivity contribution is 5.96. The van der Waals surface area contributed by atoms with Crippen molar-refractivity contribution in [3.05, 3.63) is 109 Å². The Morgan fingerprint density at radius 3 is 1.69 bits per heavy atom. The summed E-state index contributed by atoms with van der Waals surface area (Å²) in [6, 6.07) is 13.1. The number of hydrazone groups is 2. The number of nitrogens with one attached hydrogen (secondary N) is 2. The van der Waals surface area contributed by atoms with Gasteiger partial charge in [-0.1, -0.05) is 0 Å². The molecule has 0 aliphatic heterocycles. The van der Waals surface area contributed by atoms with Crippen LogP contribution in [0.5, 0.6) is 5.75 Å². The highest BCUT2D eigenvalue weighted by Crippen LogP contribution is 2.22. The standard InChI is InChI=1S/C23H18N6O7/c1-14-10-15(12-24-26-22(31)16-2-6-19(7-3-16)28(33)34)11-18(21(14)30)13-25-27-23(32)17-4-8-20(9-5-17)29(35)36/h2-13,30H,1H3,(H,26,31)(H,27,32)/b24-12?,25-13+. The lowest BCUT2D eigenvalue weighted by molar-refractivity contribution is -0.385. The van der Waals surface area contributed by atoms with Gasteiger partial charge in [-0.05, 0) is 54.4 Å². The van der Waals surface area contributed by atoms with Crippen molar-refractivity contribution in [3.8, 4) is 5.75 Å². The molecule has 13 heteroatoms. The maximum atomic E-state index is 12.2. The van der Waals surface area contributed by atoms with Crippen LogP contribution in [0, 0.1) is 27.2 Å². The molecule has 3 aromatic carbocycles. The number of phenols is 1. The summed E-state index contributed by atoms with van der Waals surface area (Å²) in [5.74, 6) is -1.27. The van der Waals surface area contributed by atoms with Crippen LogP contribution < -0.4 is 10.9 Å². The maximum Gasteiger partial charge on any atom is 0.271 e. The number of rotatable bonds is 8. The molecule has 2 amide bonds. The molecule has 36 heavy (non-hydrogen) atoms. The second kappa shape index (κ2) is 11.1. The summed E-state index contributed by atoms with van der Waals surface area (Å²) in [5.41, 5.74) is 5.83. The minimum Gasteiger partial charge on any atom is -0.507 e. The van der Waals surface area contributed by atoms with Crippen LogP contribution in [0.1, 0.15) is 37.4 Å². The van der Waals surface area contributed by atoms with Crippen molar-refractivity contribution in [2.75, 3.05) is 0 Å². The number of nitro benzene ring substituents is 2. The first-order valence-electron chi connectivity index (χ1n) is 10.1. The van der Waals surface area contributed by atoms with E-state index in [2.05, 4.69) is 21.1 Å². The van der Waals surface area contributed by atoms with Crippen LogP contribution >= 0.6 is 0 Å². The summed E-state index contributed by atoms with van der Waals surface area (Å²) in [6.07, 6.45) is 2.53. The van der Waals surface area contributed by atoms with Gasteiger partial charge in [-0.3, -0.25) is 29.8 Å². The molecule has 0 bridgehead atoms. The number of nitro groups is 2. The number of carbonyl (C=O) groups is 2. The van der Waals surface area contributed by atoms with Crippen molar-refractivity contribution in [2.24, 2.45) is 10.2 Å². The fourth-order valence-electron chi connectivity index (χ4n) is 2.93. The molecule has 3 N–H and O–H groups in total. The number of phenolic OH excluding ortho intramolecular Hbond substituents is 1. The molecule has 0 saturated heterocycles. The van der Waals surface area contributed by atoms with E-state index in [9.17, 15) is 34.9 Å². The minimum absolute atomic E-state index is 0.0876. The van der Waals surface area contributed by atoms with E-state index in [1.54, 1.807) is 13.0 Å². The van der Waals surface area contributed by atoms with E-state index in [0.717, 1.165) is 0 Å². The Morgan fingerprint density at radius 1 is 0.806 bits per heavy atom. The van der Waals surface area contributed by atoms with Gasteiger partial charge in [0.1, 0.15) is 5.75 Å². The van der Waals surface area contributed by atoms with Gasteiger partial charge in [-0.15, -0.1) is 0 Å². The molecule has 182 valence electrons. The fourth-order valence-corrected chi connectivity index (χ4v) is 2.93. The number of hydrogen-bond acceptors (Lipinski definition) is 9. The van der Waals surface area contributed by atoms with Crippen molar-refractivity contribution in [1.29, 1.82) is 0 Å². The van der Waals surface area contributed by atoms with Crippen LogP contribution in [0.4, 0.5) is 11.4 Å². The fraction of sp³-hybridized carbons (Fsp3) is 0.0435. The Morgan fingerprint density at radius 2 is 1.25 bits per heavy atom. The van der Waals surface area contributed by atoms with Crippen LogP contribution in [-0.2, 0) is 0 Å². The molecule has 0 atom stereocenters. The summed E-state index contributed by atoms with van der Waals surface area (Å²) in [7, 11) is 0. The van der Waals surface area contributed by atoms with Crippen LogP contribution in [0.15, 0.2) is 70.9 Å². The van der Waals surface area contributed by atoms with Gasteiger partial charge in [0.05, 0.1) is 22.3 Å². The first-order valence-corrected chi connectivity index (χ1v) is 10.1. The van der Waals surface area contributed by atoms with Gasteiger partial charge in [0.25, 0.3) is 23.2 Å². The molecule has 13 nitrogen and oxygen atoms in total. The van der Waals surface area contributed by atoms with Crippen molar-refractivity contribution in [3.63, 3.8) is 0 Å². The number of carbonyl (C=O) groups excluding carboxylic acids is 2. The van der Waals surface area contributed by atoms with Crippen LogP contribution in [0.3, 0.4) is 0 Å². The summed E-state index contributed by atoms with van der Waals surface area (Å²) in [4.78, 5) is 44.6. The monoisotopic (exact) mass is 490 g/mol. The second-order valence-electron chi connectivity index (χ2n) is 7.28. The van der Waals surface area contributed by atoms with Gasteiger partial charge in [0.15, 0.2) is 0 Å². The van der Waals surface area contributed by atoms with Crippen LogP contribution in [0.2, 0.25) is 0 Å². The first kappa shape index (κ1) is 25.2. The zero-order valence-electron chi connectivity index (χ0n) is 18.6. The molecule has 0 spiro atoms. The molecule has 0 aliphatic rings. The zero-order chi connectivity index (χ0) is 26.2. The number of hydrogen-bond donors (Lipinski definition) is 3. The third-order valence-corrected chi connectivity index (χ3v) is 4.78. The highest BCUT2D eigenvalue weighted by Gasteiger charge is 2.10. The number of nitrogens with zero attached hydrogens (tertiary/aromatic N) is 4. The third kappa shape index (κ3) is 6.32. The Hall–Kier alpha value is -5.46. The first-order chi connectivity index (χ1) is 17.2. The number of aryl methyl sites for hydroxylation is 1. The molecule has 0 aliphatic carbocycles. The predicted molar refractivity (Wildman–Crippen MR) is 129 cm³/mol. The smallest absolute Gasteiger partial charge is 0.271 e. The Bertz CT molecular complexity index is 1380. The lowest BCUT2D eigenvalue weighted by Crippen LogP contribution is -2.17. The van der Waals surface area contributed by atoms with E-state index in [-0.39, 0.29) is 33.8 Å². The third-order valence-electron chi connectivity index (χ3n) is 4.78. The average Bonchev–Trinajstić information content (AvgIpc) is 2.86. The Balaban J connectivity index is 1.65. The lowest BCUT2D eigenvalue weighted by Gasteiger charge is -2.06. The minimum atomic E-state index is -0.607. The Kier molecular flexibility index (Phi) is 7.77. The zero-order valence-corrected chi connectivity index (χ0v) is 18.6. The molecule has 0 aromatic heterocycles. The number of benzene rings is 3. The van der Waals surface area contributed by atoms with Gasteiger partial charge < -0.3 is 5.11 Å². The molecule has 3 rings (SSSR count). The molecular weight excluding hydrogens is 472 g/mol. The Labute approximate surface area is 203 Å². The summed E-state index contributed by atoms with van der Waals surface area (Å²) in [6.45, 7) is 1.63. The van der Waals surface area contributed by atoms with Gasteiger partial charge in [-0.2, -0.15) is 10.2 Å². The molecule has 0 unspecified atom stereocenters. The number of non-ortho nitro benzene ring substituents is 2. The summed E-state index contributed by atoms with van der Waals surface area (Å²) in [5, 5.41) is 39.3. The molecular formula is C23H18N6O7. The molecule has 0 saturated carbocycles. The quantitative estimate of drug-likeness (QED) is 0.245. The van der Waals surface area contributed by atoms with Crippen molar-refractivity contribution < 1.29 is 24.5 Å². The highest BCUT2D eigenvalue weighted by atomic mass is 16.6. The van der Waals surface area contributed by atoms with Crippen molar-refractivity contribution >= 4 is 35.6 Å². The van der Waals surface area contributed by atoms with Crippen molar-refractivity contribution in [2.45, 2.75) is 6.92 Å². The normalized spacial score (nSPS) is 10.9. The van der Waals surface area contributed by atoms with Crippen molar-refractivity contribution in [1.82, 2.24) is 10.9 Å². The topological polar surface area (TPSA) is 189 Å². The number of amides is 2. The van der Waals surface area contributed by atoms with Gasteiger partial charge >= 0.3 is 0 Å². The second-order valence-corrected chi connectivity index (χ2v) is 7.28. The van der Waals surface area contributed by atoms with Gasteiger partial charge in [0, 0.05) is 41.0 Å².